The first-order valence-electron chi connectivity index (χ1n) is 7.34. The van der Waals surface area contributed by atoms with Crippen molar-refractivity contribution in [1.29, 1.82) is 0 Å². The summed E-state index contributed by atoms with van der Waals surface area (Å²) in [5, 5.41) is 15.0. The molecule has 2 N–H and O–H groups in total. The summed E-state index contributed by atoms with van der Waals surface area (Å²) >= 11 is 0. The number of carbonyl (C=O) groups excluding carboxylic acids is 1. The van der Waals surface area contributed by atoms with Crippen molar-refractivity contribution in [2.75, 3.05) is 6.54 Å². The number of hydrogen-bond acceptors (Lipinski definition) is 2. The Morgan fingerprint density at radius 2 is 1.78 bits per heavy atom. The van der Waals surface area contributed by atoms with Crippen molar-refractivity contribution in [3.05, 3.63) is 83.7 Å². The summed E-state index contributed by atoms with van der Waals surface area (Å²) in [6.07, 6.45) is -0.835. The molecule has 3 aromatic rings. The molecule has 1 amide bonds. The van der Waals surface area contributed by atoms with Gasteiger partial charge in [-0.05, 0) is 34.5 Å². The molecule has 0 aromatic heterocycles. The predicted octanol–water partition coefficient (Wildman–Crippen LogP) is 3.44. The van der Waals surface area contributed by atoms with E-state index in [1.807, 2.05) is 42.5 Å². The van der Waals surface area contributed by atoms with Crippen LogP contribution in [0.15, 0.2) is 66.7 Å². The average Bonchev–Trinajstić information content (AvgIpc) is 2.59. The Balaban J connectivity index is 1.74. The molecule has 1 atom stereocenters. The van der Waals surface area contributed by atoms with Crippen molar-refractivity contribution >= 4 is 16.7 Å². The monoisotopic (exact) mass is 309 g/mol. The van der Waals surface area contributed by atoms with Crippen molar-refractivity contribution in [3.8, 4) is 0 Å². The van der Waals surface area contributed by atoms with E-state index in [1.54, 1.807) is 0 Å². The van der Waals surface area contributed by atoms with Gasteiger partial charge in [0.2, 0.25) is 0 Å². The normalized spacial score (nSPS) is 12.1. The second kappa shape index (κ2) is 6.58. The van der Waals surface area contributed by atoms with E-state index in [1.165, 1.54) is 24.3 Å². The van der Waals surface area contributed by atoms with Crippen LogP contribution < -0.4 is 5.32 Å². The molecule has 0 unspecified atom stereocenters. The lowest BCUT2D eigenvalue weighted by Gasteiger charge is -2.15. The Morgan fingerprint density at radius 3 is 2.61 bits per heavy atom. The predicted molar refractivity (Wildman–Crippen MR) is 87.6 cm³/mol. The maximum absolute atomic E-state index is 13.1. The van der Waals surface area contributed by atoms with Crippen LogP contribution in [0.3, 0.4) is 0 Å². The van der Waals surface area contributed by atoms with Crippen LogP contribution in [0.2, 0.25) is 0 Å². The Hall–Kier alpha value is -2.72. The van der Waals surface area contributed by atoms with Gasteiger partial charge in [0.25, 0.3) is 5.91 Å². The summed E-state index contributed by atoms with van der Waals surface area (Å²) in [5.74, 6) is -0.879. The van der Waals surface area contributed by atoms with Gasteiger partial charge in [-0.1, -0.05) is 48.5 Å². The van der Waals surface area contributed by atoms with Gasteiger partial charge >= 0.3 is 0 Å². The molecule has 0 aliphatic rings. The van der Waals surface area contributed by atoms with Gasteiger partial charge in [-0.3, -0.25) is 4.79 Å². The first-order chi connectivity index (χ1) is 11.1. The van der Waals surface area contributed by atoms with Gasteiger partial charge in [-0.25, -0.2) is 4.39 Å². The van der Waals surface area contributed by atoms with Crippen LogP contribution in [0.1, 0.15) is 22.0 Å². The fraction of sp³-hybridized carbons (Fsp3) is 0.105. The van der Waals surface area contributed by atoms with Gasteiger partial charge < -0.3 is 10.4 Å². The summed E-state index contributed by atoms with van der Waals surface area (Å²) in [4.78, 5) is 12.0. The van der Waals surface area contributed by atoms with Gasteiger partial charge in [0, 0.05) is 12.1 Å². The van der Waals surface area contributed by atoms with E-state index in [4.69, 9.17) is 0 Å². The topological polar surface area (TPSA) is 49.3 Å². The first-order valence-corrected chi connectivity index (χ1v) is 7.34. The maximum atomic E-state index is 13.1. The minimum absolute atomic E-state index is 0.0589. The molecule has 0 bridgehead atoms. The van der Waals surface area contributed by atoms with E-state index in [9.17, 15) is 14.3 Å². The summed E-state index contributed by atoms with van der Waals surface area (Å²) in [6, 6.07) is 18.9. The number of nitrogens with one attached hydrogen (secondary N) is 1. The molecular weight excluding hydrogens is 293 g/mol. The summed E-state index contributed by atoms with van der Waals surface area (Å²) in [7, 11) is 0. The molecule has 0 aliphatic carbocycles. The zero-order valence-electron chi connectivity index (χ0n) is 12.4. The number of amides is 1. The van der Waals surface area contributed by atoms with Crippen LogP contribution in [0.5, 0.6) is 0 Å². The number of fused-ring (bicyclic) bond motifs is 1. The van der Waals surface area contributed by atoms with E-state index < -0.39 is 17.8 Å². The molecule has 0 radical (unpaired) electrons. The molecule has 3 aromatic carbocycles. The van der Waals surface area contributed by atoms with Crippen LogP contribution in [0.4, 0.5) is 4.39 Å². The largest absolute Gasteiger partial charge is 0.387 e. The molecule has 0 saturated heterocycles. The number of hydrogen-bond donors (Lipinski definition) is 2. The highest BCUT2D eigenvalue weighted by atomic mass is 19.1. The van der Waals surface area contributed by atoms with E-state index in [0.717, 1.165) is 16.3 Å². The van der Waals surface area contributed by atoms with Gasteiger partial charge in [0.15, 0.2) is 0 Å². The number of benzene rings is 3. The lowest BCUT2D eigenvalue weighted by Crippen LogP contribution is -2.28. The van der Waals surface area contributed by atoms with Crippen molar-refractivity contribution in [1.82, 2.24) is 5.32 Å². The zero-order valence-corrected chi connectivity index (χ0v) is 12.4. The minimum atomic E-state index is -0.835. The second-order valence-electron chi connectivity index (χ2n) is 5.30. The highest BCUT2D eigenvalue weighted by molar-refractivity contribution is 5.94. The molecule has 0 fully saturated rings. The third kappa shape index (κ3) is 3.38. The van der Waals surface area contributed by atoms with Crippen LogP contribution in [-0.4, -0.2) is 17.6 Å². The van der Waals surface area contributed by atoms with Crippen LogP contribution in [-0.2, 0) is 0 Å². The standard InChI is InChI=1S/C19H16FNO2/c20-15-8-3-7-14(11-15)19(23)21-12-18(22)17-10-4-6-13-5-1-2-9-16(13)17/h1-11,18,22H,12H2,(H,21,23)/t18-/m1/s1. The van der Waals surface area contributed by atoms with E-state index in [-0.39, 0.29) is 12.1 Å². The molecule has 0 aliphatic heterocycles. The van der Waals surface area contributed by atoms with Crippen LogP contribution in [0.25, 0.3) is 10.8 Å². The minimum Gasteiger partial charge on any atom is -0.387 e. The molecule has 23 heavy (non-hydrogen) atoms. The molecular formula is C19H16FNO2. The first kappa shape index (κ1) is 15.2. The third-order valence-corrected chi connectivity index (χ3v) is 3.73. The fourth-order valence-corrected chi connectivity index (χ4v) is 2.57. The molecule has 3 rings (SSSR count). The Kier molecular flexibility index (Phi) is 4.35. The van der Waals surface area contributed by atoms with Crippen LogP contribution >= 0.6 is 0 Å². The Bertz CT molecular complexity index is 842. The number of aliphatic hydroxyl groups excluding tert-OH is 1. The lowest BCUT2D eigenvalue weighted by atomic mass is 10.0. The van der Waals surface area contributed by atoms with Crippen molar-refractivity contribution in [2.24, 2.45) is 0 Å². The quantitative estimate of drug-likeness (QED) is 0.775. The highest BCUT2D eigenvalue weighted by Crippen LogP contribution is 2.23. The summed E-state index contributed by atoms with van der Waals surface area (Å²) in [6.45, 7) is 0.0589. The SMILES string of the molecule is O=C(NC[C@@H](O)c1cccc2ccccc12)c1cccc(F)c1. The smallest absolute Gasteiger partial charge is 0.251 e. The molecule has 0 heterocycles. The Labute approximate surface area is 133 Å². The molecule has 116 valence electrons. The van der Waals surface area contributed by atoms with Crippen LogP contribution in [0, 0.1) is 5.82 Å². The third-order valence-electron chi connectivity index (χ3n) is 3.73. The summed E-state index contributed by atoms with van der Waals surface area (Å²) in [5.41, 5.74) is 0.984. The maximum Gasteiger partial charge on any atom is 0.251 e. The van der Waals surface area contributed by atoms with Crippen molar-refractivity contribution in [3.63, 3.8) is 0 Å². The van der Waals surface area contributed by atoms with Crippen molar-refractivity contribution in [2.45, 2.75) is 6.10 Å². The zero-order chi connectivity index (χ0) is 16.2. The van der Waals surface area contributed by atoms with Crippen molar-refractivity contribution < 1.29 is 14.3 Å². The van der Waals surface area contributed by atoms with Gasteiger partial charge in [0.05, 0.1) is 6.10 Å². The highest BCUT2D eigenvalue weighted by Gasteiger charge is 2.13. The number of rotatable bonds is 4. The van der Waals surface area contributed by atoms with E-state index in [2.05, 4.69) is 5.32 Å². The fourth-order valence-electron chi connectivity index (χ4n) is 2.57. The number of aliphatic hydroxyl groups is 1. The van der Waals surface area contributed by atoms with Gasteiger partial charge in [0.1, 0.15) is 5.82 Å². The molecule has 0 saturated carbocycles. The lowest BCUT2D eigenvalue weighted by molar-refractivity contribution is 0.0916. The van der Waals surface area contributed by atoms with Gasteiger partial charge in [-0.15, -0.1) is 0 Å². The summed E-state index contributed by atoms with van der Waals surface area (Å²) < 4.78 is 13.1. The molecule has 4 heteroatoms. The molecule has 0 spiro atoms. The number of halogens is 1. The van der Waals surface area contributed by atoms with Gasteiger partial charge in [-0.2, -0.15) is 0 Å². The average molecular weight is 309 g/mol. The Morgan fingerprint density at radius 1 is 1.04 bits per heavy atom. The van der Waals surface area contributed by atoms with E-state index in [0.29, 0.717) is 0 Å². The molecule has 3 nitrogen and oxygen atoms in total. The van der Waals surface area contributed by atoms with E-state index >= 15 is 0 Å². The second-order valence-corrected chi connectivity index (χ2v) is 5.30. The number of carbonyl (C=O) groups is 1.